The van der Waals surface area contributed by atoms with Crippen molar-refractivity contribution < 1.29 is 12.8 Å². The molecule has 0 bridgehead atoms. The van der Waals surface area contributed by atoms with Crippen LogP contribution in [0.4, 0.5) is 10.1 Å². The molecule has 2 aromatic carbocycles. The van der Waals surface area contributed by atoms with Crippen LogP contribution in [0.1, 0.15) is 12.0 Å². The molecule has 1 radical (unpaired) electrons. The number of benzene rings is 2. The van der Waals surface area contributed by atoms with Crippen LogP contribution in [0.25, 0.3) is 0 Å². The van der Waals surface area contributed by atoms with Gasteiger partial charge in [-0.3, -0.25) is 4.90 Å². The summed E-state index contributed by atoms with van der Waals surface area (Å²) in [6.45, 7) is 2.56. The second-order valence-corrected chi connectivity index (χ2v) is 10.2. The van der Waals surface area contributed by atoms with Crippen LogP contribution in [-0.2, 0) is 16.4 Å². The largest absolute Gasteiger partial charge is 0.380 e. The van der Waals surface area contributed by atoms with Gasteiger partial charge in [-0.2, -0.15) is 0 Å². The average molecular weight is 451 g/mol. The number of halogens is 2. The molecular weight excluding hydrogens is 433 g/mol. The lowest BCUT2D eigenvalue weighted by Crippen LogP contribution is -2.26. The summed E-state index contributed by atoms with van der Waals surface area (Å²) in [6, 6.07) is 12.6. The summed E-state index contributed by atoms with van der Waals surface area (Å²) in [7, 11) is -4.06. The average Bonchev–Trinajstić information content (AvgIpc) is 3.38. The normalized spacial score (nSPS) is 17.5. The second-order valence-electron chi connectivity index (χ2n) is 6.86. The van der Waals surface area contributed by atoms with Crippen molar-refractivity contribution >= 4 is 38.5 Å². The summed E-state index contributed by atoms with van der Waals surface area (Å²) < 4.78 is 39.5. The van der Waals surface area contributed by atoms with E-state index in [0.29, 0.717) is 5.69 Å². The van der Waals surface area contributed by atoms with E-state index in [-0.39, 0.29) is 15.4 Å². The third-order valence-electron chi connectivity index (χ3n) is 4.79. The molecular formula is C20H18ClFN3O2S2. The fourth-order valence-corrected chi connectivity index (χ4v) is 5.87. The highest BCUT2D eigenvalue weighted by molar-refractivity contribution is 7.93. The van der Waals surface area contributed by atoms with Gasteiger partial charge in [0, 0.05) is 31.1 Å². The third-order valence-corrected chi connectivity index (χ3v) is 8.01. The molecule has 151 valence electrons. The van der Waals surface area contributed by atoms with E-state index >= 15 is 0 Å². The molecule has 3 aromatic rings. The maximum absolute atomic E-state index is 14.6. The number of hydrogen-bond donors (Lipinski definition) is 1. The molecule has 0 unspecified atom stereocenters. The van der Waals surface area contributed by atoms with Gasteiger partial charge < -0.3 is 5.32 Å². The van der Waals surface area contributed by atoms with Gasteiger partial charge in [0.1, 0.15) is 16.9 Å². The lowest BCUT2D eigenvalue weighted by molar-refractivity contribution is 0.328. The van der Waals surface area contributed by atoms with Gasteiger partial charge in [-0.05, 0) is 24.1 Å². The van der Waals surface area contributed by atoms with Gasteiger partial charge in [0.15, 0.2) is 0 Å². The molecule has 1 aromatic heterocycles. The van der Waals surface area contributed by atoms with Crippen molar-refractivity contribution in [2.45, 2.75) is 28.2 Å². The molecule has 1 saturated heterocycles. The Balaban J connectivity index is 1.47. The molecule has 0 saturated carbocycles. The fraction of sp³-hybridized carbons (Fsp3) is 0.250. The summed E-state index contributed by atoms with van der Waals surface area (Å²) in [4.78, 5) is 5.49. The number of rotatable bonds is 6. The highest BCUT2D eigenvalue weighted by Gasteiger charge is 2.27. The van der Waals surface area contributed by atoms with Crippen LogP contribution in [-0.4, -0.2) is 37.4 Å². The van der Waals surface area contributed by atoms with E-state index in [9.17, 15) is 12.8 Å². The Kier molecular flexibility index (Phi) is 5.87. The number of thiazole rings is 1. The first-order chi connectivity index (χ1) is 13.9. The minimum Gasteiger partial charge on any atom is -0.380 e. The van der Waals surface area contributed by atoms with Crippen molar-refractivity contribution in [2.75, 3.05) is 18.4 Å². The Morgan fingerprint density at radius 1 is 1.31 bits per heavy atom. The number of aromatic nitrogens is 1. The first-order valence-electron chi connectivity index (χ1n) is 9.02. The molecule has 1 fully saturated rings. The smallest absolute Gasteiger partial charge is 0.236 e. The molecule has 1 aliphatic heterocycles. The molecule has 29 heavy (non-hydrogen) atoms. The molecule has 0 aliphatic carbocycles. The van der Waals surface area contributed by atoms with E-state index in [1.54, 1.807) is 0 Å². The van der Waals surface area contributed by atoms with Crippen LogP contribution in [0.2, 0.25) is 5.02 Å². The lowest BCUT2D eigenvalue weighted by Gasteiger charge is -2.18. The summed E-state index contributed by atoms with van der Waals surface area (Å²) in [5.41, 5.74) is 1.63. The summed E-state index contributed by atoms with van der Waals surface area (Å²) >= 11 is 7.17. The Morgan fingerprint density at radius 3 is 2.83 bits per heavy atom. The molecule has 4 rings (SSSR count). The van der Waals surface area contributed by atoms with E-state index in [1.807, 2.05) is 18.2 Å². The number of anilines is 1. The molecule has 1 atom stereocenters. The molecule has 1 aliphatic rings. The number of nitrogens with one attached hydrogen (secondary N) is 1. The zero-order valence-corrected chi connectivity index (χ0v) is 17.7. The monoisotopic (exact) mass is 450 g/mol. The highest BCUT2D eigenvalue weighted by atomic mass is 35.5. The maximum atomic E-state index is 14.6. The Labute approximate surface area is 178 Å². The van der Waals surface area contributed by atoms with Crippen molar-refractivity contribution in [3.05, 3.63) is 70.4 Å². The minimum atomic E-state index is -4.06. The van der Waals surface area contributed by atoms with E-state index in [1.165, 1.54) is 10.9 Å². The van der Waals surface area contributed by atoms with Crippen molar-refractivity contribution in [2.24, 2.45) is 0 Å². The van der Waals surface area contributed by atoms with Crippen LogP contribution in [0, 0.1) is 12.0 Å². The van der Waals surface area contributed by atoms with Gasteiger partial charge in [0.25, 0.3) is 0 Å². The first kappa shape index (κ1) is 20.3. The number of nitrogens with zero attached hydrogens (tertiary/aromatic N) is 2. The Bertz CT molecular complexity index is 1090. The molecule has 0 spiro atoms. The highest BCUT2D eigenvalue weighted by Crippen LogP contribution is 2.33. The zero-order chi connectivity index (χ0) is 20.4. The van der Waals surface area contributed by atoms with Crippen LogP contribution in [0.5, 0.6) is 0 Å². The number of sulfone groups is 1. The quantitative estimate of drug-likeness (QED) is 0.608. The number of hydrogen-bond acceptors (Lipinski definition) is 6. The Morgan fingerprint density at radius 2 is 2.10 bits per heavy atom. The Hall–Kier alpha value is -2.00. The van der Waals surface area contributed by atoms with Gasteiger partial charge in [-0.15, -0.1) is 11.3 Å². The van der Waals surface area contributed by atoms with E-state index in [4.69, 9.17) is 11.6 Å². The van der Waals surface area contributed by atoms with Crippen molar-refractivity contribution in [1.82, 2.24) is 9.88 Å². The second kappa shape index (κ2) is 8.39. The van der Waals surface area contributed by atoms with E-state index < -0.39 is 20.5 Å². The van der Waals surface area contributed by atoms with Gasteiger partial charge >= 0.3 is 0 Å². The lowest BCUT2D eigenvalue weighted by atomic mass is 10.2. The third kappa shape index (κ3) is 4.45. The maximum Gasteiger partial charge on any atom is 0.236 e. The number of likely N-dealkylation sites (tertiary alicyclic amines) is 1. The van der Waals surface area contributed by atoms with Crippen LogP contribution in [0.15, 0.2) is 57.1 Å². The summed E-state index contributed by atoms with van der Waals surface area (Å²) in [5.74, 6) is -0.855. The first-order valence-corrected chi connectivity index (χ1v) is 11.8. The van der Waals surface area contributed by atoms with Gasteiger partial charge in [-0.1, -0.05) is 41.9 Å². The molecule has 9 heteroatoms. The SMILES string of the molecule is O=S(=O)(c1n[c]cs1)c1cc(Cl)c(N[C@@H]2CCN(Cc3ccccc3)C2)cc1F. The molecule has 2 heterocycles. The standard InChI is InChI=1S/C20H18ClFN3O2S2/c21-16-10-19(29(26,27)20-23-7-9-28-20)17(22)11-18(16)24-15-6-8-25(13-15)12-14-4-2-1-3-5-14/h1-5,9-11,15,24H,6,8,12-13H2/t15-/m1/s1. The predicted octanol–water partition coefficient (Wildman–Crippen LogP) is 4.25. The molecule has 1 N–H and O–H groups in total. The van der Waals surface area contributed by atoms with Crippen molar-refractivity contribution in [1.29, 1.82) is 0 Å². The fourth-order valence-electron chi connectivity index (χ4n) is 3.40. The van der Waals surface area contributed by atoms with Crippen LogP contribution < -0.4 is 5.32 Å². The van der Waals surface area contributed by atoms with E-state index in [0.717, 1.165) is 49.5 Å². The summed E-state index contributed by atoms with van der Waals surface area (Å²) in [5, 5.41) is 4.82. The van der Waals surface area contributed by atoms with Gasteiger partial charge in [-0.25, -0.2) is 17.8 Å². The van der Waals surface area contributed by atoms with Crippen molar-refractivity contribution in [3.8, 4) is 0 Å². The van der Waals surface area contributed by atoms with Crippen LogP contribution >= 0.6 is 22.9 Å². The minimum absolute atomic E-state index is 0.103. The molecule has 5 nitrogen and oxygen atoms in total. The zero-order valence-electron chi connectivity index (χ0n) is 15.3. The van der Waals surface area contributed by atoms with Gasteiger partial charge in [0.05, 0.1) is 10.7 Å². The molecule has 0 amide bonds. The van der Waals surface area contributed by atoms with Gasteiger partial charge in [0.2, 0.25) is 14.2 Å². The predicted molar refractivity (Wildman–Crippen MR) is 112 cm³/mol. The summed E-state index contributed by atoms with van der Waals surface area (Å²) in [6.07, 6.45) is 3.33. The van der Waals surface area contributed by atoms with E-state index in [2.05, 4.69) is 33.5 Å². The van der Waals surface area contributed by atoms with Crippen molar-refractivity contribution in [3.63, 3.8) is 0 Å². The van der Waals surface area contributed by atoms with Crippen LogP contribution in [0.3, 0.4) is 0 Å². The topological polar surface area (TPSA) is 62.3 Å².